The first kappa shape index (κ1) is 17.9. The van der Waals surface area contributed by atoms with E-state index in [9.17, 15) is 4.79 Å². The number of aromatic nitrogens is 3. The van der Waals surface area contributed by atoms with Crippen LogP contribution >= 0.6 is 0 Å². The van der Waals surface area contributed by atoms with Crippen LogP contribution in [0.15, 0.2) is 24.3 Å². The molecular formula is C19H23N5O2. The topological polar surface area (TPSA) is 94.9 Å². The smallest absolute Gasteiger partial charge is 0.261 e. The number of ether oxygens (including phenoxy) is 1. The quantitative estimate of drug-likeness (QED) is 0.892. The number of carbonyl (C=O) groups excluding carboxylic acids is 1. The van der Waals surface area contributed by atoms with Crippen LogP contribution in [0.4, 0.5) is 0 Å². The molecule has 1 saturated heterocycles. The number of benzene rings is 1. The third-order valence-corrected chi connectivity index (χ3v) is 4.53. The molecule has 2 aromatic rings. The highest BCUT2D eigenvalue weighted by molar-refractivity contribution is 5.78. The molecule has 0 spiro atoms. The van der Waals surface area contributed by atoms with Gasteiger partial charge in [0.2, 0.25) is 0 Å². The molecule has 1 aliphatic rings. The summed E-state index contributed by atoms with van der Waals surface area (Å²) in [4.78, 5) is 19.1. The van der Waals surface area contributed by atoms with Crippen molar-refractivity contribution >= 4 is 5.91 Å². The summed E-state index contributed by atoms with van der Waals surface area (Å²) in [5.74, 6) is 2.05. The minimum Gasteiger partial charge on any atom is -0.482 e. The second-order valence-corrected chi connectivity index (χ2v) is 6.73. The average Bonchev–Trinajstić information content (AvgIpc) is 3.16. The fourth-order valence-electron chi connectivity index (χ4n) is 3.12. The molecule has 0 aliphatic carbocycles. The van der Waals surface area contributed by atoms with E-state index in [1.165, 1.54) is 0 Å². The van der Waals surface area contributed by atoms with Crippen LogP contribution in [0.5, 0.6) is 5.75 Å². The van der Waals surface area contributed by atoms with Crippen molar-refractivity contribution in [3.8, 4) is 11.8 Å². The Morgan fingerprint density at radius 2 is 2.23 bits per heavy atom. The Kier molecular flexibility index (Phi) is 5.52. The van der Waals surface area contributed by atoms with E-state index in [1.54, 1.807) is 24.3 Å². The van der Waals surface area contributed by atoms with Crippen molar-refractivity contribution in [2.75, 3.05) is 13.2 Å². The summed E-state index contributed by atoms with van der Waals surface area (Å²) in [5, 5.41) is 16.4. The first-order valence-electron chi connectivity index (χ1n) is 8.93. The highest BCUT2D eigenvalue weighted by atomic mass is 16.5. The van der Waals surface area contributed by atoms with Crippen molar-refractivity contribution in [1.29, 1.82) is 5.26 Å². The zero-order chi connectivity index (χ0) is 18.5. The minimum absolute atomic E-state index is 0.0969. The van der Waals surface area contributed by atoms with Gasteiger partial charge in [0.15, 0.2) is 12.4 Å². The number of hydrogen-bond acceptors (Lipinski definition) is 5. The number of nitriles is 1. The van der Waals surface area contributed by atoms with Crippen LogP contribution in [0.2, 0.25) is 0 Å². The van der Waals surface area contributed by atoms with Crippen LogP contribution in [0.25, 0.3) is 0 Å². The minimum atomic E-state index is -0.107. The molecule has 1 N–H and O–H groups in total. The van der Waals surface area contributed by atoms with Crippen molar-refractivity contribution in [2.24, 2.45) is 0 Å². The number of amides is 1. The first-order chi connectivity index (χ1) is 12.6. The molecule has 1 aromatic heterocycles. The van der Waals surface area contributed by atoms with E-state index in [1.807, 2.05) is 18.7 Å². The molecule has 0 bridgehead atoms. The van der Waals surface area contributed by atoms with E-state index < -0.39 is 0 Å². The van der Waals surface area contributed by atoms with E-state index in [0.717, 1.165) is 30.9 Å². The Labute approximate surface area is 153 Å². The molecule has 1 atom stereocenters. The van der Waals surface area contributed by atoms with Gasteiger partial charge in [0.25, 0.3) is 5.91 Å². The number of nitrogens with zero attached hydrogens (tertiary/aromatic N) is 4. The lowest BCUT2D eigenvalue weighted by molar-refractivity contribution is -0.137. The SMILES string of the molecule is CC(C)c1n[nH]c([C@@H]2CCCCN2C(=O)COc2ccccc2C#N)n1. The lowest BCUT2D eigenvalue weighted by Crippen LogP contribution is -2.41. The van der Waals surface area contributed by atoms with Gasteiger partial charge in [-0.05, 0) is 31.4 Å². The number of rotatable bonds is 5. The molecule has 1 aliphatic heterocycles. The second-order valence-electron chi connectivity index (χ2n) is 6.73. The lowest BCUT2D eigenvalue weighted by atomic mass is 10.0. The van der Waals surface area contributed by atoms with Gasteiger partial charge in [-0.3, -0.25) is 9.89 Å². The van der Waals surface area contributed by atoms with Crippen LogP contribution < -0.4 is 4.74 Å². The number of hydrogen-bond donors (Lipinski definition) is 1. The summed E-state index contributed by atoms with van der Waals surface area (Å²) >= 11 is 0. The zero-order valence-corrected chi connectivity index (χ0v) is 15.1. The first-order valence-corrected chi connectivity index (χ1v) is 8.93. The van der Waals surface area contributed by atoms with Gasteiger partial charge in [-0.2, -0.15) is 10.4 Å². The summed E-state index contributed by atoms with van der Waals surface area (Å²) in [7, 11) is 0. The molecule has 26 heavy (non-hydrogen) atoms. The Morgan fingerprint density at radius 1 is 1.42 bits per heavy atom. The number of aromatic amines is 1. The van der Waals surface area contributed by atoms with E-state index in [2.05, 4.69) is 21.3 Å². The summed E-state index contributed by atoms with van der Waals surface area (Å²) in [6.45, 7) is 4.65. The molecule has 2 heterocycles. The van der Waals surface area contributed by atoms with E-state index in [4.69, 9.17) is 10.00 Å². The van der Waals surface area contributed by atoms with Crippen molar-refractivity contribution in [1.82, 2.24) is 20.1 Å². The van der Waals surface area contributed by atoms with Gasteiger partial charge in [0, 0.05) is 12.5 Å². The number of H-pyrrole nitrogens is 1. The predicted molar refractivity (Wildman–Crippen MR) is 95.4 cm³/mol. The molecule has 1 amide bonds. The molecule has 0 saturated carbocycles. The van der Waals surface area contributed by atoms with Crippen LogP contribution in [0, 0.1) is 11.3 Å². The van der Waals surface area contributed by atoms with Crippen LogP contribution in [0.3, 0.4) is 0 Å². The highest BCUT2D eigenvalue weighted by Gasteiger charge is 2.31. The maximum Gasteiger partial charge on any atom is 0.261 e. The molecule has 1 fully saturated rings. The molecular weight excluding hydrogens is 330 g/mol. The second kappa shape index (κ2) is 8.00. The van der Waals surface area contributed by atoms with Crippen LogP contribution in [-0.4, -0.2) is 39.1 Å². The fourth-order valence-corrected chi connectivity index (χ4v) is 3.12. The Hall–Kier alpha value is -2.88. The predicted octanol–water partition coefficient (Wildman–Crippen LogP) is 2.93. The normalized spacial score (nSPS) is 17.2. The third-order valence-electron chi connectivity index (χ3n) is 4.53. The molecule has 0 unspecified atom stereocenters. The van der Waals surface area contributed by atoms with Crippen molar-refractivity contribution < 1.29 is 9.53 Å². The average molecular weight is 353 g/mol. The molecule has 7 heteroatoms. The molecule has 3 rings (SSSR count). The van der Waals surface area contributed by atoms with E-state index in [-0.39, 0.29) is 24.5 Å². The zero-order valence-electron chi connectivity index (χ0n) is 15.1. The molecule has 7 nitrogen and oxygen atoms in total. The van der Waals surface area contributed by atoms with Gasteiger partial charge in [-0.15, -0.1) is 0 Å². The number of likely N-dealkylation sites (tertiary alicyclic amines) is 1. The standard InChI is InChI=1S/C19H23N5O2/c1-13(2)18-21-19(23-22-18)15-8-5-6-10-24(15)17(25)12-26-16-9-4-3-7-14(16)11-20/h3-4,7,9,13,15H,5-6,8,10,12H2,1-2H3,(H,21,22,23)/t15-/m0/s1. The van der Waals surface area contributed by atoms with Gasteiger partial charge < -0.3 is 9.64 Å². The third kappa shape index (κ3) is 3.85. The summed E-state index contributed by atoms with van der Waals surface area (Å²) in [5.41, 5.74) is 0.423. The Balaban J connectivity index is 1.70. The molecule has 0 radical (unpaired) electrons. The van der Waals surface area contributed by atoms with Crippen LogP contribution in [0.1, 0.15) is 62.3 Å². The maximum absolute atomic E-state index is 12.8. The summed E-state index contributed by atoms with van der Waals surface area (Å²) in [6, 6.07) is 8.89. The van der Waals surface area contributed by atoms with Gasteiger partial charge in [0.05, 0.1) is 11.6 Å². The molecule has 1 aromatic carbocycles. The van der Waals surface area contributed by atoms with Crippen molar-refractivity contribution in [3.63, 3.8) is 0 Å². The summed E-state index contributed by atoms with van der Waals surface area (Å²) < 4.78 is 5.61. The maximum atomic E-state index is 12.8. The summed E-state index contributed by atoms with van der Waals surface area (Å²) in [6.07, 6.45) is 2.86. The number of carbonyl (C=O) groups is 1. The van der Waals surface area contributed by atoms with Crippen molar-refractivity contribution in [2.45, 2.75) is 45.1 Å². The van der Waals surface area contributed by atoms with Crippen molar-refractivity contribution in [3.05, 3.63) is 41.5 Å². The number of para-hydroxylation sites is 1. The van der Waals surface area contributed by atoms with Gasteiger partial charge >= 0.3 is 0 Å². The van der Waals surface area contributed by atoms with E-state index in [0.29, 0.717) is 17.9 Å². The number of nitrogens with one attached hydrogen (secondary N) is 1. The highest BCUT2D eigenvalue weighted by Crippen LogP contribution is 2.29. The van der Waals surface area contributed by atoms with E-state index >= 15 is 0 Å². The van der Waals surface area contributed by atoms with Gasteiger partial charge in [-0.1, -0.05) is 26.0 Å². The van der Waals surface area contributed by atoms with Gasteiger partial charge in [-0.25, -0.2) is 4.98 Å². The van der Waals surface area contributed by atoms with Gasteiger partial charge in [0.1, 0.15) is 17.6 Å². The molecule has 136 valence electrons. The number of piperidine rings is 1. The van der Waals surface area contributed by atoms with Crippen LogP contribution in [-0.2, 0) is 4.79 Å². The largest absolute Gasteiger partial charge is 0.482 e. The lowest BCUT2D eigenvalue weighted by Gasteiger charge is -2.34. The monoisotopic (exact) mass is 353 g/mol. The Morgan fingerprint density at radius 3 is 2.96 bits per heavy atom. The Bertz CT molecular complexity index is 808. The fraction of sp³-hybridized carbons (Fsp3) is 0.474.